The number of likely N-dealkylation sites (tertiary alicyclic amines) is 1. The molecule has 1 saturated heterocycles. The van der Waals surface area contributed by atoms with Crippen molar-refractivity contribution in [2.75, 3.05) is 13.1 Å². The van der Waals surface area contributed by atoms with Crippen LogP contribution < -0.4 is 0 Å². The molecule has 1 aliphatic heterocycles. The minimum Gasteiger partial charge on any atom is -0.444 e. The van der Waals surface area contributed by atoms with Crippen LogP contribution in [-0.4, -0.2) is 40.4 Å². The van der Waals surface area contributed by atoms with Crippen LogP contribution in [0.5, 0.6) is 0 Å². The highest BCUT2D eigenvalue weighted by atomic mass is 16.6. The van der Waals surface area contributed by atoms with E-state index < -0.39 is 11.2 Å². The molecule has 0 unspecified atom stereocenters. The zero-order valence-electron chi connectivity index (χ0n) is 10.5. The summed E-state index contributed by atoms with van der Waals surface area (Å²) in [6, 6.07) is 0. The van der Waals surface area contributed by atoms with Gasteiger partial charge in [-0.3, -0.25) is 0 Å². The Morgan fingerprint density at radius 1 is 1.62 bits per heavy atom. The van der Waals surface area contributed by atoms with Crippen LogP contribution in [0.3, 0.4) is 0 Å². The van der Waals surface area contributed by atoms with Crippen LogP contribution in [0.1, 0.15) is 27.7 Å². The lowest BCUT2D eigenvalue weighted by Gasteiger charge is -2.25. The van der Waals surface area contributed by atoms with Gasteiger partial charge in [-0.25, -0.2) is 4.79 Å². The maximum absolute atomic E-state index is 11.8. The SMILES string of the molecule is C=C[C@@H]1CN(C(=O)OC(C)(C)C)C[C@@]1(C)O. The van der Waals surface area contributed by atoms with Crippen molar-refractivity contribution in [3.63, 3.8) is 0 Å². The second-order valence-electron chi connectivity index (χ2n) is 5.56. The normalized spacial score (nSPS) is 30.3. The van der Waals surface area contributed by atoms with Crippen LogP contribution in [0.25, 0.3) is 0 Å². The summed E-state index contributed by atoms with van der Waals surface area (Å²) in [6.45, 7) is 11.6. The Labute approximate surface area is 96.9 Å². The number of rotatable bonds is 1. The minimum absolute atomic E-state index is 0.0972. The number of carbonyl (C=O) groups is 1. The Balaban J connectivity index is 2.65. The summed E-state index contributed by atoms with van der Waals surface area (Å²) < 4.78 is 5.25. The van der Waals surface area contributed by atoms with Gasteiger partial charge in [-0.2, -0.15) is 0 Å². The molecule has 0 saturated carbocycles. The fourth-order valence-electron chi connectivity index (χ4n) is 1.80. The molecule has 0 radical (unpaired) electrons. The maximum atomic E-state index is 11.8. The standard InChI is InChI=1S/C12H21NO3/c1-6-9-7-13(8-12(9,5)15)10(14)16-11(2,3)4/h6,9,15H,1,7-8H2,2-5H3/t9-,12-/m1/s1. The second kappa shape index (κ2) is 4.09. The molecule has 1 rings (SSSR count). The lowest BCUT2D eigenvalue weighted by molar-refractivity contribution is 0.0169. The molecule has 4 heteroatoms. The van der Waals surface area contributed by atoms with Gasteiger partial charge < -0.3 is 14.7 Å². The van der Waals surface area contributed by atoms with Crippen LogP contribution >= 0.6 is 0 Å². The van der Waals surface area contributed by atoms with Crippen molar-refractivity contribution in [2.45, 2.75) is 38.9 Å². The Morgan fingerprint density at radius 2 is 2.19 bits per heavy atom. The third kappa shape index (κ3) is 2.98. The van der Waals surface area contributed by atoms with Crippen LogP contribution in [0.15, 0.2) is 12.7 Å². The molecule has 1 amide bonds. The lowest BCUT2D eigenvalue weighted by Crippen LogP contribution is -2.38. The summed E-state index contributed by atoms with van der Waals surface area (Å²) in [6.07, 6.45) is 1.31. The van der Waals surface area contributed by atoms with Crippen molar-refractivity contribution >= 4 is 6.09 Å². The topological polar surface area (TPSA) is 49.8 Å². The van der Waals surface area contributed by atoms with E-state index in [0.29, 0.717) is 13.1 Å². The van der Waals surface area contributed by atoms with Crippen molar-refractivity contribution in [1.29, 1.82) is 0 Å². The second-order valence-corrected chi connectivity index (χ2v) is 5.56. The molecular weight excluding hydrogens is 206 g/mol. The fraction of sp³-hybridized carbons (Fsp3) is 0.750. The van der Waals surface area contributed by atoms with Gasteiger partial charge in [-0.15, -0.1) is 6.58 Å². The lowest BCUT2D eigenvalue weighted by atomic mass is 9.93. The van der Waals surface area contributed by atoms with Crippen LogP contribution in [0.4, 0.5) is 4.79 Å². The summed E-state index contributed by atoms with van der Waals surface area (Å²) in [7, 11) is 0. The van der Waals surface area contributed by atoms with E-state index in [1.54, 1.807) is 13.0 Å². The number of hydrogen-bond donors (Lipinski definition) is 1. The first-order valence-corrected chi connectivity index (χ1v) is 5.48. The highest BCUT2D eigenvalue weighted by Gasteiger charge is 2.42. The Kier molecular flexibility index (Phi) is 3.33. The molecule has 16 heavy (non-hydrogen) atoms. The first-order valence-electron chi connectivity index (χ1n) is 5.48. The van der Waals surface area contributed by atoms with Gasteiger partial charge in [-0.05, 0) is 27.7 Å². The molecule has 0 bridgehead atoms. The smallest absolute Gasteiger partial charge is 0.410 e. The largest absolute Gasteiger partial charge is 0.444 e. The highest BCUT2D eigenvalue weighted by molar-refractivity contribution is 5.68. The van der Waals surface area contributed by atoms with Crippen molar-refractivity contribution in [3.8, 4) is 0 Å². The third-order valence-electron chi connectivity index (χ3n) is 2.66. The Hall–Kier alpha value is -1.03. The first kappa shape index (κ1) is 13.0. The van der Waals surface area contributed by atoms with Gasteiger partial charge >= 0.3 is 6.09 Å². The first-order chi connectivity index (χ1) is 7.15. The average molecular weight is 227 g/mol. The van der Waals surface area contributed by atoms with Crippen LogP contribution in [0, 0.1) is 5.92 Å². The Bertz CT molecular complexity index is 291. The number of hydrogen-bond acceptors (Lipinski definition) is 3. The zero-order valence-corrected chi connectivity index (χ0v) is 10.5. The number of amides is 1. The number of carbonyl (C=O) groups excluding carboxylic acids is 1. The van der Waals surface area contributed by atoms with E-state index in [0.717, 1.165) is 0 Å². The molecule has 0 aromatic rings. The van der Waals surface area contributed by atoms with E-state index in [-0.39, 0.29) is 12.0 Å². The molecule has 1 N–H and O–H groups in total. The molecule has 0 aromatic carbocycles. The highest BCUT2D eigenvalue weighted by Crippen LogP contribution is 2.29. The van der Waals surface area contributed by atoms with Gasteiger partial charge in [0.2, 0.25) is 0 Å². The summed E-state index contributed by atoms with van der Waals surface area (Å²) >= 11 is 0. The Morgan fingerprint density at radius 3 is 2.56 bits per heavy atom. The number of β-amino-alcohol motifs (C(OH)–C–C–N with tert-alkyl or cyclic N) is 1. The van der Waals surface area contributed by atoms with Crippen molar-refractivity contribution < 1.29 is 14.6 Å². The molecule has 0 aliphatic carbocycles. The molecule has 1 aliphatic rings. The van der Waals surface area contributed by atoms with E-state index >= 15 is 0 Å². The average Bonchev–Trinajstić information content (AvgIpc) is 2.37. The minimum atomic E-state index is -0.904. The molecule has 0 spiro atoms. The number of nitrogens with zero attached hydrogens (tertiary/aromatic N) is 1. The van der Waals surface area contributed by atoms with E-state index in [1.807, 2.05) is 20.8 Å². The van der Waals surface area contributed by atoms with Crippen LogP contribution in [0.2, 0.25) is 0 Å². The molecule has 0 aromatic heterocycles. The maximum Gasteiger partial charge on any atom is 0.410 e. The predicted octanol–water partition coefficient (Wildman–Crippen LogP) is 1.79. The summed E-state index contributed by atoms with van der Waals surface area (Å²) in [4.78, 5) is 13.3. The molecule has 2 atom stereocenters. The molecule has 4 nitrogen and oxygen atoms in total. The predicted molar refractivity (Wildman–Crippen MR) is 62.1 cm³/mol. The van der Waals surface area contributed by atoms with Crippen molar-refractivity contribution in [2.24, 2.45) is 5.92 Å². The van der Waals surface area contributed by atoms with Gasteiger partial charge in [0, 0.05) is 12.5 Å². The summed E-state index contributed by atoms with van der Waals surface area (Å²) in [5, 5.41) is 10.1. The van der Waals surface area contributed by atoms with Gasteiger partial charge in [0.05, 0.1) is 12.1 Å². The van der Waals surface area contributed by atoms with E-state index in [4.69, 9.17) is 4.74 Å². The summed E-state index contributed by atoms with van der Waals surface area (Å²) in [5.41, 5.74) is -1.41. The van der Waals surface area contributed by atoms with E-state index in [2.05, 4.69) is 6.58 Å². The number of ether oxygens (including phenoxy) is 1. The molecule has 1 fully saturated rings. The van der Waals surface area contributed by atoms with Crippen molar-refractivity contribution in [3.05, 3.63) is 12.7 Å². The van der Waals surface area contributed by atoms with E-state index in [9.17, 15) is 9.90 Å². The molecular formula is C12H21NO3. The fourth-order valence-corrected chi connectivity index (χ4v) is 1.80. The van der Waals surface area contributed by atoms with Gasteiger partial charge in [-0.1, -0.05) is 6.08 Å². The van der Waals surface area contributed by atoms with Gasteiger partial charge in [0.25, 0.3) is 0 Å². The molecule has 92 valence electrons. The molecule has 1 heterocycles. The van der Waals surface area contributed by atoms with Gasteiger partial charge in [0.15, 0.2) is 0 Å². The third-order valence-corrected chi connectivity index (χ3v) is 2.66. The quantitative estimate of drug-likeness (QED) is 0.695. The summed E-state index contributed by atoms with van der Waals surface area (Å²) in [5.74, 6) is -0.0972. The zero-order chi connectivity index (χ0) is 12.6. The van der Waals surface area contributed by atoms with Crippen LogP contribution in [-0.2, 0) is 4.74 Å². The van der Waals surface area contributed by atoms with Gasteiger partial charge in [0.1, 0.15) is 5.60 Å². The van der Waals surface area contributed by atoms with Crippen molar-refractivity contribution in [1.82, 2.24) is 4.90 Å². The number of aliphatic hydroxyl groups is 1. The monoisotopic (exact) mass is 227 g/mol. The van der Waals surface area contributed by atoms with E-state index in [1.165, 1.54) is 4.90 Å².